The summed E-state index contributed by atoms with van der Waals surface area (Å²) in [6.07, 6.45) is 3.35. The van der Waals surface area contributed by atoms with Crippen LogP contribution in [0.4, 0.5) is 0 Å². The molecule has 0 radical (unpaired) electrons. The molecule has 0 saturated carbocycles. The number of hydrogen-bond acceptors (Lipinski definition) is 3. The first-order valence-electron chi connectivity index (χ1n) is 6.32. The molecule has 0 aliphatic carbocycles. The number of benzene rings is 1. The quantitative estimate of drug-likeness (QED) is 0.875. The zero-order chi connectivity index (χ0) is 14.5. The Kier molecular flexibility index (Phi) is 6.87. The van der Waals surface area contributed by atoms with E-state index in [1.54, 1.807) is 29.0 Å². The van der Waals surface area contributed by atoms with E-state index in [1.807, 2.05) is 31.3 Å². The third-order valence-corrected chi connectivity index (χ3v) is 3.49. The fourth-order valence-corrected chi connectivity index (χ4v) is 2.03. The summed E-state index contributed by atoms with van der Waals surface area (Å²) in [5.41, 5.74) is 1.51. The Balaban J connectivity index is 0.00000220. The second-order valence-corrected chi connectivity index (χ2v) is 5.40. The van der Waals surface area contributed by atoms with Crippen LogP contribution in [0.25, 0.3) is 5.69 Å². The lowest BCUT2D eigenvalue weighted by atomic mass is 10.3. The normalized spacial score (nSPS) is 10.0. The lowest BCUT2D eigenvalue weighted by Gasteiger charge is -2.15. The number of rotatable bonds is 5. The fraction of sp³-hybridized carbons (Fsp3) is 0.286. The second kappa shape index (κ2) is 8.17. The molecule has 1 aromatic heterocycles. The van der Waals surface area contributed by atoms with Crippen LogP contribution >= 0.6 is 28.3 Å². The Bertz CT molecular complexity index is 585. The highest BCUT2D eigenvalue weighted by Gasteiger charge is 2.13. The lowest BCUT2D eigenvalue weighted by molar-refractivity contribution is 0.0797. The molecule has 21 heavy (non-hydrogen) atoms. The van der Waals surface area contributed by atoms with E-state index in [1.165, 1.54) is 0 Å². The fourth-order valence-electron chi connectivity index (χ4n) is 1.77. The van der Waals surface area contributed by atoms with Crippen LogP contribution in [-0.4, -0.2) is 47.8 Å². The monoisotopic (exact) mass is 372 g/mol. The van der Waals surface area contributed by atoms with Crippen LogP contribution in [0.15, 0.2) is 41.1 Å². The van der Waals surface area contributed by atoms with E-state index in [0.717, 1.165) is 16.7 Å². The van der Waals surface area contributed by atoms with Gasteiger partial charge in [0, 0.05) is 30.8 Å². The summed E-state index contributed by atoms with van der Waals surface area (Å²) >= 11 is 3.39. The van der Waals surface area contributed by atoms with E-state index < -0.39 is 0 Å². The van der Waals surface area contributed by atoms with Gasteiger partial charge in [-0.1, -0.05) is 15.9 Å². The Labute approximate surface area is 138 Å². The predicted molar refractivity (Wildman–Crippen MR) is 89.4 cm³/mol. The summed E-state index contributed by atoms with van der Waals surface area (Å²) in [4.78, 5) is 13.9. The summed E-state index contributed by atoms with van der Waals surface area (Å²) in [6, 6.07) is 7.77. The van der Waals surface area contributed by atoms with Gasteiger partial charge in [0.1, 0.15) is 0 Å². The maximum absolute atomic E-state index is 12.2. The van der Waals surface area contributed by atoms with Crippen molar-refractivity contribution in [2.45, 2.75) is 0 Å². The molecule has 1 heterocycles. The summed E-state index contributed by atoms with van der Waals surface area (Å²) in [7, 11) is 3.65. The molecule has 2 rings (SSSR count). The zero-order valence-electron chi connectivity index (χ0n) is 11.9. The maximum atomic E-state index is 12.2. The van der Waals surface area contributed by atoms with E-state index in [4.69, 9.17) is 0 Å². The number of aromatic nitrogens is 2. The van der Waals surface area contributed by atoms with Gasteiger partial charge in [-0.15, -0.1) is 12.4 Å². The van der Waals surface area contributed by atoms with Crippen molar-refractivity contribution in [1.29, 1.82) is 0 Å². The predicted octanol–water partition coefficient (Wildman–Crippen LogP) is 2.35. The molecule has 0 saturated heterocycles. The largest absolute Gasteiger partial charge is 0.340 e. The smallest absolute Gasteiger partial charge is 0.256 e. The molecule has 1 N–H and O–H groups in total. The van der Waals surface area contributed by atoms with Crippen LogP contribution in [0.1, 0.15) is 10.4 Å². The van der Waals surface area contributed by atoms with Crippen LogP contribution in [0.5, 0.6) is 0 Å². The van der Waals surface area contributed by atoms with Gasteiger partial charge < -0.3 is 10.2 Å². The van der Waals surface area contributed by atoms with Gasteiger partial charge in [-0.2, -0.15) is 5.10 Å². The number of amides is 1. The number of likely N-dealkylation sites (N-methyl/N-ethyl adjacent to an activating group) is 2. The molecule has 5 nitrogen and oxygen atoms in total. The van der Waals surface area contributed by atoms with Gasteiger partial charge in [0.2, 0.25) is 0 Å². The van der Waals surface area contributed by atoms with Crippen molar-refractivity contribution < 1.29 is 4.79 Å². The minimum absolute atomic E-state index is 0. The van der Waals surface area contributed by atoms with Crippen molar-refractivity contribution in [2.24, 2.45) is 0 Å². The standard InChI is InChI=1S/C14H17BrN4O.ClH/c1-16-7-8-18(2)14(20)11-9-17-19(10-11)13-5-3-12(15)4-6-13;/h3-6,9-10,16H,7-8H2,1-2H3;1H. The summed E-state index contributed by atoms with van der Waals surface area (Å²) in [6.45, 7) is 1.43. The van der Waals surface area contributed by atoms with Crippen molar-refractivity contribution in [3.05, 3.63) is 46.7 Å². The zero-order valence-corrected chi connectivity index (χ0v) is 14.3. The first kappa shape index (κ1) is 17.7. The minimum atomic E-state index is -0.0244. The molecule has 0 bridgehead atoms. The number of nitrogens with one attached hydrogen (secondary N) is 1. The summed E-state index contributed by atoms with van der Waals surface area (Å²) in [5.74, 6) is -0.0244. The first-order chi connectivity index (χ1) is 9.61. The van der Waals surface area contributed by atoms with Crippen LogP contribution in [0.3, 0.4) is 0 Å². The molecule has 1 amide bonds. The van der Waals surface area contributed by atoms with Crippen molar-refractivity contribution in [3.63, 3.8) is 0 Å². The molecule has 114 valence electrons. The molecule has 2 aromatic rings. The number of nitrogens with zero attached hydrogens (tertiary/aromatic N) is 3. The molecule has 0 fully saturated rings. The van der Waals surface area contributed by atoms with Gasteiger partial charge >= 0.3 is 0 Å². The van der Waals surface area contributed by atoms with Gasteiger partial charge in [-0.25, -0.2) is 4.68 Å². The summed E-state index contributed by atoms with van der Waals surface area (Å²) < 4.78 is 2.71. The third-order valence-electron chi connectivity index (χ3n) is 2.96. The number of hydrogen-bond donors (Lipinski definition) is 1. The molecule has 0 aliphatic heterocycles. The van der Waals surface area contributed by atoms with Gasteiger partial charge in [-0.3, -0.25) is 4.79 Å². The topological polar surface area (TPSA) is 50.2 Å². The average Bonchev–Trinajstić information content (AvgIpc) is 2.94. The molecular formula is C14H18BrClN4O. The van der Waals surface area contributed by atoms with Crippen LogP contribution in [0, 0.1) is 0 Å². The molecule has 0 spiro atoms. The van der Waals surface area contributed by atoms with Crippen LogP contribution in [-0.2, 0) is 0 Å². The van der Waals surface area contributed by atoms with Gasteiger partial charge in [0.15, 0.2) is 0 Å². The first-order valence-corrected chi connectivity index (χ1v) is 7.12. The van der Waals surface area contributed by atoms with E-state index in [-0.39, 0.29) is 18.3 Å². The molecule has 0 aliphatic rings. The molecule has 1 aromatic carbocycles. The molecular weight excluding hydrogens is 356 g/mol. The minimum Gasteiger partial charge on any atom is -0.340 e. The van der Waals surface area contributed by atoms with E-state index in [2.05, 4.69) is 26.3 Å². The third kappa shape index (κ3) is 4.56. The highest BCUT2D eigenvalue weighted by Crippen LogP contribution is 2.14. The van der Waals surface area contributed by atoms with Crippen LogP contribution < -0.4 is 5.32 Å². The van der Waals surface area contributed by atoms with Crippen molar-refractivity contribution in [1.82, 2.24) is 20.0 Å². The number of halogens is 2. The van der Waals surface area contributed by atoms with E-state index in [9.17, 15) is 4.79 Å². The number of carbonyl (C=O) groups is 1. The van der Waals surface area contributed by atoms with E-state index in [0.29, 0.717) is 12.1 Å². The van der Waals surface area contributed by atoms with Crippen molar-refractivity contribution in [2.75, 3.05) is 27.2 Å². The van der Waals surface area contributed by atoms with Gasteiger partial charge in [0.25, 0.3) is 5.91 Å². The highest BCUT2D eigenvalue weighted by molar-refractivity contribution is 9.10. The number of carbonyl (C=O) groups excluding carboxylic acids is 1. The Morgan fingerprint density at radius 3 is 2.67 bits per heavy atom. The van der Waals surface area contributed by atoms with E-state index >= 15 is 0 Å². The van der Waals surface area contributed by atoms with Crippen molar-refractivity contribution in [3.8, 4) is 5.69 Å². The van der Waals surface area contributed by atoms with Gasteiger partial charge in [0.05, 0.1) is 17.4 Å². The summed E-state index contributed by atoms with van der Waals surface area (Å²) in [5, 5.41) is 7.26. The Morgan fingerprint density at radius 1 is 1.38 bits per heavy atom. The lowest BCUT2D eigenvalue weighted by Crippen LogP contribution is -2.32. The molecule has 7 heteroatoms. The van der Waals surface area contributed by atoms with Crippen LogP contribution in [0.2, 0.25) is 0 Å². The second-order valence-electron chi connectivity index (χ2n) is 4.48. The average molecular weight is 374 g/mol. The maximum Gasteiger partial charge on any atom is 0.256 e. The van der Waals surface area contributed by atoms with Crippen molar-refractivity contribution >= 4 is 34.2 Å². The highest BCUT2D eigenvalue weighted by atomic mass is 79.9. The van der Waals surface area contributed by atoms with Gasteiger partial charge in [-0.05, 0) is 31.3 Å². The Hall–Kier alpha value is -1.37. The Morgan fingerprint density at radius 2 is 2.05 bits per heavy atom. The molecule has 0 unspecified atom stereocenters. The molecule has 0 atom stereocenters. The SMILES string of the molecule is CNCCN(C)C(=O)c1cnn(-c2ccc(Br)cc2)c1.Cl.